The van der Waals surface area contributed by atoms with Gasteiger partial charge < -0.3 is 5.73 Å². The Hall–Kier alpha value is -0.930. The quantitative estimate of drug-likeness (QED) is 0.825. The van der Waals surface area contributed by atoms with Crippen molar-refractivity contribution in [2.75, 3.05) is 13.1 Å². The number of rotatable bonds is 6. The first-order valence-electron chi connectivity index (χ1n) is 6.26. The van der Waals surface area contributed by atoms with Crippen LogP contribution in [0, 0.1) is 11.7 Å². The summed E-state index contributed by atoms with van der Waals surface area (Å²) in [4.78, 5) is 2.32. The molecular weight excluding hydrogens is 215 g/mol. The minimum atomic E-state index is -0.191. The predicted octanol–water partition coefficient (Wildman–Crippen LogP) is 2.76. The lowest BCUT2D eigenvalue weighted by Crippen LogP contribution is -2.27. The summed E-state index contributed by atoms with van der Waals surface area (Å²) in [5.74, 6) is 0.432. The van der Waals surface area contributed by atoms with Crippen LogP contribution in [0.25, 0.3) is 0 Å². The Morgan fingerprint density at radius 1 is 1.24 bits per heavy atom. The Kier molecular flexibility index (Phi) is 5.59. The lowest BCUT2D eigenvalue weighted by atomic mass is 10.1. The molecule has 0 spiro atoms. The molecule has 0 aromatic heterocycles. The minimum Gasteiger partial charge on any atom is -0.326 e. The fourth-order valence-electron chi connectivity index (χ4n) is 2.01. The van der Waals surface area contributed by atoms with Crippen molar-refractivity contribution in [1.82, 2.24) is 4.90 Å². The summed E-state index contributed by atoms with van der Waals surface area (Å²) >= 11 is 0. The molecule has 17 heavy (non-hydrogen) atoms. The third-order valence-corrected chi connectivity index (χ3v) is 2.73. The highest BCUT2D eigenvalue weighted by Crippen LogP contribution is 2.12. The zero-order chi connectivity index (χ0) is 12.8. The number of hydrogen-bond acceptors (Lipinski definition) is 2. The van der Waals surface area contributed by atoms with Gasteiger partial charge in [0.2, 0.25) is 0 Å². The second-order valence-corrected chi connectivity index (χ2v) is 4.89. The molecule has 1 rings (SSSR count). The fraction of sp³-hybridized carbons (Fsp3) is 0.571. The van der Waals surface area contributed by atoms with Crippen LogP contribution in [0.2, 0.25) is 0 Å². The molecule has 96 valence electrons. The highest BCUT2D eigenvalue weighted by molar-refractivity contribution is 5.24. The van der Waals surface area contributed by atoms with Crippen LogP contribution >= 0.6 is 0 Å². The first-order chi connectivity index (χ1) is 8.05. The Labute approximate surface area is 104 Å². The van der Waals surface area contributed by atoms with Crippen LogP contribution < -0.4 is 5.73 Å². The number of nitrogens with two attached hydrogens (primary N) is 1. The van der Waals surface area contributed by atoms with Crippen LogP contribution in [-0.2, 0) is 13.1 Å². The van der Waals surface area contributed by atoms with Gasteiger partial charge in [0, 0.05) is 19.6 Å². The second kappa shape index (κ2) is 6.72. The zero-order valence-electron chi connectivity index (χ0n) is 11.0. The molecule has 3 heteroatoms. The Balaban J connectivity index is 2.74. The highest BCUT2D eigenvalue weighted by atomic mass is 19.1. The van der Waals surface area contributed by atoms with E-state index < -0.39 is 0 Å². The molecule has 1 aromatic rings. The lowest BCUT2D eigenvalue weighted by molar-refractivity contribution is 0.248. The summed E-state index contributed by atoms with van der Waals surface area (Å²) in [6, 6.07) is 5.09. The largest absolute Gasteiger partial charge is 0.326 e. The molecule has 0 radical (unpaired) electrons. The maximum absolute atomic E-state index is 13.4. The molecule has 1 aromatic carbocycles. The van der Waals surface area contributed by atoms with Crippen molar-refractivity contribution in [3.8, 4) is 0 Å². The van der Waals surface area contributed by atoms with Gasteiger partial charge in [-0.15, -0.1) is 0 Å². The SMILES string of the molecule is CCN(Cc1cc(F)cc(CN)c1)CC(C)C. The average Bonchev–Trinajstić information content (AvgIpc) is 2.26. The Bertz CT molecular complexity index is 350. The lowest BCUT2D eigenvalue weighted by Gasteiger charge is -2.22. The third-order valence-electron chi connectivity index (χ3n) is 2.73. The summed E-state index contributed by atoms with van der Waals surface area (Å²) in [7, 11) is 0. The van der Waals surface area contributed by atoms with E-state index in [9.17, 15) is 4.39 Å². The molecular formula is C14H23FN2. The molecule has 0 unspecified atom stereocenters. The van der Waals surface area contributed by atoms with E-state index in [2.05, 4.69) is 25.7 Å². The molecule has 0 bridgehead atoms. The van der Waals surface area contributed by atoms with Gasteiger partial charge in [-0.1, -0.05) is 26.8 Å². The van der Waals surface area contributed by atoms with Crippen molar-refractivity contribution in [3.63, 3.8) is 0 Å². The molecule has 0 saturated carbocycles. The van der Waals surface area contributed by atoms with Crippen molar-refractivity contribution >= 4 is 0 Å². The molecule has 2 N–H and O–H groups in total. The van der Waals surface area contributed by atoms with Gasteiger partial charge in [-0.05, 0) is 35.7 Å². The van der Waals surface area contributed by atoms with Gasteiger partial charge in [-0.2, -0.15) is 0 Å². The smallest absolute Gasteiger partial charge is 0.123 e. The molecule has 0 aliphatic heterocycles. The fourth-order valence-corrected chi connectivity index (χ4v) is 2.01. The van der Waals surface area contributed by atoms with E-state index in [1.807, 2.05) is 6.07 Å². The van der Waals surface area contributed by atoms with E-state index in [-0.39, 0.29) is 5.82 Å². The summed E-state index contributed by atoms with van der Waals surface area (Å²) in [5, 5.41) is 0. The molecule has 2 nitrogen and oxygen atoms in total. The van der Waals surface area contributed by atoms with Gasteiger partial charge in [0.15, 0.2) is 0 Å². The van der Waals surface area contributed by atoms with Crippen LogP contribution in [-0.4, -0.2) is 18.0 Å². The van der Waals surface area contributed by atoms with E-state index in [1.165, 1.54) is 6.07 Å². The predicted molar refractivity (Wildman–Crippen MR) is 70.1 cm³/mol. The van der Waals surface area contributed by atoms with E-state index in [4.69, 9.17) is 5.73 Å². The van der Waals surface area contributed by atoms with Gasteiger partial charge >= 0.3 is 0 Å². The van der Waals surface area contributed by atoms with Crippen LogP contribution in [0.15, 0.2) is 18.2 Å². The molecule has 0 saturated heterocycles. The van der Waals surface area contributed by atoms with Crippen molar-refractivity contribution in [2.24, 2.45) is 11.7 Å². The topological polar surface area (TPSA) is 29.3 Å². The molecule has 0 aliphatic carbocycles. The standard InChI is InChI=1S/C14H23FN2/c1-4-17(9-11(2)3)10-13-5-12(8-16)6-14(15)7-13/h5-7,11H,4,8-10,16H2,1-3H3. The van der Waals surface area contributed by atoms with E-state index in [1.54, 1.807) is 6.07 Å². The molecule has 0 aliphatic rings. The van der Waals surface area contributed by atoms with E-state index in [0.29, 0.717) is 12.5 Å². The summed E-state index contributed by atoms with van der Waals surface area (Å²) in [6.07, 6.45) is 0. The monoisotopic (exact) mass is 238 g/mol. The Morgan fingerprint density at radius 3 is 2.41 bits per heavy atom. The number of benzene rings is 1. The van der Waals surface area contributed by atoms with Crippen LogP contribution in [0.1, 0.15) is 31.9 Å². The zero-order valence-corrected chi connectivity index (χ0v) is 11.0. The third kappa shape index (κ3) is 4.84. The number of halogens is 1. The maximum atomic E-state index is 13.4. The van der Waals surface area contributed by atoms with Gasteiger partial charge in [0.25, 0.3) is 0 Å². The van der Waals surface area contributed by atoms with Gasteiger partial charge in [0.05, 0.1) is 0 Å². The van der Waals surface area contributed by atoms with E-state index in [0.717, 1.165) is 30.8 Å². The van der Waals surface area contributed by atoms with Crippen molar-refractivity contribution in [2.45, 2.75) is 33.9 Å². The first kappa shape index (κ1) is 14.1. The summed E-state index contributed by atoms with van der Waals surface area (Å²) < 4.78 is 13.4. The van der Waals surface area contributed by atoms with E-state index >= 15 is 0 Å². The van der Waals surface area contributed by atoms with Crippen LogP contribution in [0.4, 0.5) is 4.39 Å². The number of nitrogens with zero attached hydrogens (tertiary/aromatic N) is 1. The number of hydrogen-bond donors (Lipinski definition) is 1. The van der Waals surface area contributed by atoms with Crippen LogP contribution in [0.3, 0.4) is 0 Å². The average molecular weight is 238 g/mol. The van der Waals surface area contributed by atoms with Gasteiger partial charge in [0.1, 0.15) is 5.82 Å². The van der Waals surface area contributed by atoms with Crippen molar-refractivity contribution in [3.05, 3.63) is 35.1 Å². The normalized spacial score (nSPS) is 11.5. The van der Waals surface area contributed by atoms with Gasteiger partial charge in [-0.3, -0.25) is 4.90 Å². The summed E-state index contributed by atoms with van der Waals surface area (Å²) in [6.45, 7) is 9.71. The minimum absolute atomic E-state index is 0.191. The molecule has 0 heterocycles. The van der Waals surface area contributed by atoms with Crippen LogP contribution in [0.5, 0.6) is 0 Å². The highest BCUT2D eigenvalue weighted by Gasteiger charge is 2.07. The summed E-state index contributed by atoms with van der Waals surface area (Å²) in [5.41, 5.74) is 7.42. The second-order valence-electron chi connectivity index (χ2n) is 4.89. The molecule has 0 fully saturated rings. The molecule has 0 atom stereocenters. The van der Waals surface area contributed by atoms with Gasteiger partial charge in [-0.25, -0.2) is 4.39 Å². The Morgan fingerprint density at radius 2 is 1.88 bits per heavy atom. The maximum Gasteiger partial charge on any atom is 0.123 e. The van der Waals surface area contributed by atoms with Crippen molar-refractivity contribution < 1.29 is 4.39 Å². The first-order valence-corrected chi connectivity index (χ1v) is 6.26. The van der Waals surface area contributed by atoms with Crippen molar-refractivity contribution in [1.29, 1.82) is 0 Å². The molecule has 0 amide bonds.